The number of nitrogens with zero attached hydrogens (tertiary/aromatic N) is 2. The van der Waals surface area contributed by atoms with Gasteiger partial charge in [-0.25, -0.2) is 10.1 Å². The Kier molecular flexibility index (Phi) is 2.43. The zero-order valence-corrected chi connectivity index (χ0v) is 5.90. The average Bonchev–Trinajstić information content (AvgIpc) is 2.03. The summed E-state index contributed by atoms with van der Waals surface area (Å²) in [5, 5.41) is 3.49. The fraction of sp³-hybridized carbons (Fsp3) is 0.143. The fourth-order valence-corrected chi connectivity index (χ4v) is 0.661. The van der Waals surface area contributed by atoms with Crippen LogP contribution in [0.1, 0.15) is 5.56 Å². The second-order valence-electron chi connectivity index (χ2n) is 2.02. The van der Waals surface area contributed by atoms with Gasteiger partial charge >= 0.3 is 6.03 Å². The van der Waals surface area contributed by atoms with Crippen molar-refractivity contribution in [2.45, 2.75) is 6.54 Å². The molecule has 1 aromatic rings. The van der Waals surface area contributed by atoms with Crippen LogP contribution in [0.25, 0.3) is 0 Å². The molecule has 0 fully saturated rings. The van der Waals surface area contributed by atoms with Gasteiger partial charge in [-0.2, -0.15) is 0 Å². The molecule has 11 heavy (non-hydrogen) atoms. The summed E-state index contributed by atoms with van der Waals surface area (Å²) >= 11 is 0. The third-order valence-corrected chi connectivity index (χ3v) is 1.14. The molecule has 1 radical (unpaired) electrons. The van der Waals surface area contributed by atoms with Gasteiger partial charge in [-0.05, 0) is 11.6 Å². The summed E-state index contributed by atoms with van der Waals surface area (Å²) in [4.78, 5) is 14.1. The number of aromatic nitrogens is 1. The SMILES string of the molecule is NC(=O)[N]Cc1cccnc1. The van der Waals surface area contributed by atoms with Crippen molar-refractivity contribution in [3.05, 3.63) is 30.1 Å². The summed E-state index contributed by atoms with van der Waals surface area (Å²) in [7, 11) is 0. The van der Waals surface area contributed by atoms with Gasteiger partial charge in [0, 0.05) is 12.4 Å². The van der Waals surface area contributed by atoms with Crippen LogP contribution in [-0.4, -0.2) is 11.0 Å². The third kappa shape index (κ3) is 2.66. The number of carbonyl (C=O) groups is 1. The molecule has 0 aliphatic rings. The lowest BCUT2D eigenvalue weighted by Gasteiger charge is -1.96. The van der Waals surface area contributed by atoms with Crippen molar-refractivity contribution < 1.29 is 4.79 Å². The highest BCUT2D eigenvalue weighted by Gasteiger charge is 1.95. The molecule has 1 rings (SSSR count). The summed E-state index contributed by atoms with van der Waals surface area (Å²) in [6, 6.07) is 2.97. The van der Waals surface area contributed by atoms with Gasteiger partial charge in [-0.1, -0.05) is 6.07 Å². The molecule has 4 heteroatoms. The van der Waals surface area contributed by atoms with E-state index in [4.69, 9.17) is 5.73 Å². The minimum Gasteiger partial charge on any atom is -0.350 e. The van der Waals surface area contributed by atoms with E-state index >= 15 is 0 Å². The molecule has 57 valence electrons. The first-order valence-corrected chi connectivity index (χ1v) is 3.15. The van der Waals surface area contributed by atoms with E-state index in [1.54, 1.807) is 18.5 Å². The van der Waals surface area contributed by atoms with E-state index in [9.17, 15) is 4.79 Å². The number of amides is 2. The number of carbonyl (C=O) groups excluding carboxylic acids is 1. The monoisotopic (exact) mass is 150 g/mol. The van der Waals surface area contributed by atoms with Crippen LogP contribution in [0.3, 0.4) is 0 Å². The van der Waals surface area contributed by atoms with E-state index in [2.05, 4.69) is 10.3 Å². The van der Waals surface area contributed by atoms with Crippen molar-refractivity contribution in [1.29, 1.82) is 0 Å². The molecule has 0 saturated heterocycles. The highest BCUT2D eigenvalue weighted by atomic mass is 16.2. The van der Waals surface area contributed by atoms with Crippen LogP contribution in [0.5, 0.6) is 0 Å². The van der Waals surface area contributed by atoms with Crippen LogP contribution in [0, 0.1) is 0 Å². The summed E-state index contributed by atoms with van der Waals surface area (Å²) in [5.74, 6) is 0. The summed E-state index contributed by atoms with van der Waals surface area (Å²) < 4.78 is 0. The smallest absolute Gasteiger partial charge is 0.334 e. The van der Waals surface area contributed by atoms with Gasteiger partial charge in [0.25, 0.3) is 0 Å². The molecule has 0 saturated carbocycles. The van der Waals surface area contributed by atoms with E-state index < -0.39 is 6.03 Å². The lowest BCUT2D eigenvalue weighted by atomic mass is 10.3. The first-order valence-electron chi connectivity index (χ1n) is 3.15. The Hall–Kier alpha value is -1.58. The molecule has 2 N–H and O–H groups in total. The number of pyridine rings is 1. The molecule has 1 heterocycles. The molecular formula is C7H8N3O. The van der Waals surface area contributed by atoms with Crippen molar-refractivity contribution >= 4 is 6.03 Å². The molecule has 0 atom stereocenters. The van der Waals surface area contributed by atoms with Crippen molar-refractivity contribution in [1.82, 2.24) is 10.3 Å². The van der Waals surface area contributed by atoms with E-state index in [-0.39, 0.29) is 0 Å². The van der Waals surface area contributed by atoms with Gasteiger partial charge in [0.05, 0.1) is 6.54 Å². The number of urea groups is 1. The topological polar surface area (TPSA) is 70.1 Å². The molecule has 0 aliphatic heterocycles. The lowest BCUT2D eigenvalue weighted by Crippen LogP contribution is -2.21. The standard InChI is InChI=1S/C7H8N3O/c8-7(11)10-5-6-2-1-3-9-4-6/h1-4H,5H2,(H2,8,11). The lowest BCUT2D eigenvalue weighted by molar-refractivity contribution is 0.248. The summed E-state index contributed by atoms with van der Waals surface area (Å²) in [6.07, 6.45) is 3.31. The highest BCUT2D eigenvalue weighted by molar-refractivity contribution is 5.71. The molecule has 1 aromatic heterocycles. The Labute approximate surface area is 64.4 Å². The van der Waals surface area contributed by atoms with Gasteiger partial charge < -0.3 is 5.73 Å². The quantitative estimate of drug-likeness (QED) is 0.657. The normalized spacial score (nSPS) is 9.09. The van der Waals surface area contributed by atoms with Crippen LogP contribution in [0.2, 0.25) is 0 Å². The zero-order valence-electron chi connectivity index (χ0n) is 5.90. The predicted molar refractivity (Wildman–Crippen MR) is 39.7 cm³/mol. The van der Waals surface area contributed by atoms with Crippen LogP contribution in [0.15, 0.2) is 24.5 Å². The number of hydrogen-bond acceptors (Lipinski definition) is 2. The molecule has 4 nitrogen and oxygen atoms in total. The van der Waals surface area contributed by atoms with Crippen molar-refractivity contribution in [3.8, 4) is 0 Å². The minimum atomic E-state index is -0.645. The Balaban J connectivity index is 2.45. The molecule has 0 spiro atoms. The number of rotatable bonds is 2. The highest BCUT2D eigenvalue weighted by Crippen LogP contribution is 1.94. The van der Waals surface area contributed by atoms with E-state index in [1.165, 1.54) is 0 Å². The molecule has 2 amide bonds. The Morgan fingerprint density at radius 2 is 2.55 bits per heavy atom. The first kappa shape index (κ1) is 7.53. The van der Waals surface area contributed by atoms with Crippen LogP contribution in [-0.2, 0) is 6.54 Å². The second-order valence-corrected chi connectivity index (χ2v) is 2.02. The predicted octanol–water partition coefficient (Wildman–Crippen LogP) is 0.265. The Bertz CT molecular complexity index is 235. The molecular weight excluding hydrogens is 142 g/mol. The van der Waals surface area contributed by atoms with Crippen molar-refractivity contribution in [3.63, 3.8) is 0 Å². The van der Waals surface area contributed by atoms with Gasteiger partial charge in [0.1, 0.15) is 0 Å². The van der Waals surface area contributed by atoms with Gasteiger partial charge in [-0.15, -0.1) is 0 Å². The summed E-state index contributed by atoms with van der Waals surface area (Å²) in [5.41, 5.74) is 5.70. The number of primary amides is 1. The molecule has 0 aromatic carbocycles. The second kappa shape index (κ2) is 3.55. The molecule has 0 aliphatic carbocycles. The van der Waals surface area contributed by atoms with E-state index in [0.717, 1.165) is 5.56 Å². The first-order chi connectivity index (χ1) is 5.29. The van der Waals surface area contributed by atoms with E-state index in [1.807, 2.05) is 6.07 Å². The Morgan fingerprint density at radius 1 is 1.73 bits per heavy atom. The van der Waals surface area contributed by atoms with Gasteiger partial charge in [0.2, 0.25) is 0 Å². The van der Waals surface area contributed by atoms with E-state index in [0.29, 0.717) is 6.54 Å². The number of nitrogens with two attached hydrogens (primary N) is 1. The van der Waals surface area contributed by atoms with Crippen LogP contribution >= 0.6 is 0 Å². The van der Waals surface area contributed by atoms with Crippen molar-refractivity contribution in [2.75, 3.05) is 0 Å². The molecule has 0 bridgehead atoms. The van der Waals surface area contributed by atoms with Crippen LogP contribution in [0.4, 0.5) is 4.79 Å². The Morgan fingerprint density at radius 3 is 3.09 bits per heavy atom. The fourth-order valence-electron chi connectivity index (χ4n) is 0.661. The minimum absolute atomic E-state index is 0.309. The average molecular weight is 150 g/mol. The van der Waals surface area contributed by atoms with Crippen LogP contribution < -0.4 is 11.1 Å². The zero-order chi connectivity index (χ0) is 8.10. The maximum absolute atomic E-state index is 10.2. The van der Waals surface area contributed by atoms with Gasteiger partial charge in [-0.3, -0.25) is 4.98 Å². The largest absolute Gasteiger partial charge is 0.350 e. The number of hydrogen-bond donors (Lipinski definition) is 1. The maximum atomic E-state index is 10.2. The third-order valence-electron chi connectivity index (χ3n) is 1.14. The maximum Gasteiger partial charge on any atom is 0.334 e. The molecule has 0 unspecified atom stereocenters. The summed E-state index contributed by atoms with van der Waals surface area (Å²) in [6.45, 7) is 0.309. The van der Waals surface area contributed by atoms with Crippen molar-refractivity contribution in [2.24, 2.45) is 5.73 Å². The van der Waals surface area contributed by atoms with Gasteiger partial charge in [0.15, 0.2) is 0 Å².